The maximum atomic E-state index is 5.50. The minimum Gasteiger partial charge on any atom is -0.381 e. The van der Waals surface area contributed by atoms with Gasteiger partial charge in [0.2, 0.25) is 0 Å². The molecule has 1 N–H and O–H groups in total. The number of ether oxygens (including phenoxy) is 1. The van der Waals surface area contributed by atoms with Crippen LogP contribution in [0.3, 0.4) is 0 Å². The molecule has 0 saturated carbocycles. The van der Waals surface area contributed by atoms with Crippen LogP contribution in [0.1, 0.15) is 37.4 Å². The third-order valence-corrected chi connectivity index (χ3v) is 4.26. The van der Waals surface area contributed by atoms with E-state index in [-0.39, 0.29) is 0 Å². The molecule has 0 aliphatic carbocycles. The molecule has 0 amide bonds. The third-order valence-electron chi connectivity index (χ3n) is 4.26. The zero-order valence-corrected chi connectivity index (χ0v) is 10.4. The largest absolute Gasteiger partial charge is 0.381 e. The van der Waals surface area contributed by atoms with Gasteiger partial charge in [-0.2, -0.15) is 0 Å². The molecular formula is C13H21N3O. The van der Waals surface area contributed by atoms with Crippen LogP contribution in [-0.2, 0) is 4.74 Å². The van der Waals surface area contributed by atoms with Crippen molar-refractivity contribution in [2.45, 2.75) is 31.7 Å². The summed E-state index contributed by atoms with van der Waals surface area (Å²) in [6, 6.07) is 0.510. The molecular weight excluding hydrogens is 214 g/mol. The zero-order chi connectivity index (χ0) is 11.7. The molecule has 2 saturated heterocycles. The Balaban J connectivity index is 1.79. The third kappa shape index (κ3) is 2.11. The lowest BCUT2D eigenvalue weighted by atomic mass is 9.98. The van der Waals surface area contributed by atoms with Crippen molar-refractivity contribution in [2.75, 3.05) is 26.3 Å². The van der Waals surface area contributed by atoms with Crippen LogP contribution in [0.5, 0.6) is 0 Å². The quantitative estimate of drug-likeness (QED) is 0.864. The summed E-state index contributed by atoms with van der Waals surface area (Å²) in [5.41, 5.74) is 1.40. The van der Waals surface area contributed by atoms with Gasteiger partial charge in [0.05, 0.1) is 12.9 Å². The summed E-state index contributed by atoms with van der Waals surface area (Å²) in [5, 5.41) is 3.43. The highest BCUT2D eigenvalue weighted by Crippen LogP contribution is 2.30. The zero-order valence-electron chi connectivity index (χ0n) is 10.4. The molecule has 3 rings (SSSR count). The van der Waals surface area contributed by atoms with Gasteiger partial charge in [0.1, 0.15) is 0 Å². The normalized spacial score (nSPS) is 30.9. The second-order valence-electron chi connectivity index (χ2n) is 5.28. The van der Waals surface area contributed by atoms with Crippen LogP contribution in [0.4, 0.5) is 0 Å². The first-order chi connectivity index (χ1) is 8.36. The van der Waals surface area contributed by atoms with Crippen molar-refractivity contribution in [3.8, 4) is 0 Å². The molecule has 4 heteroatoms. The van der Waals surface area contributed by atoms with E-state index in [1.165, 1.54) is 18.5 Å². The van der Waals surface area contributed by atoms with Crippen molar-refractivity contribution >= 4 is 0 Å². The minimum absolute atomic E-state index is 0.510. The Morgan fingerprint density at radius 3 is 3.18 bits per heavy atom. The number of hydrogen-bond donors (Lipinski definition) is 1. The van der Waals surface area contributed by atoms with Crippen molar-refractivity contribution in [3.05, 3.63) is 18.2 Å². The molecule has 17 heavy (non-hydrogen) atoms. The molecule has 3 atom stereocenters. The first-order valence-corrected chi connectivity index (χ1v) is 6.66. The summed E-state index contributed by atoms with van der Waals surface area (Å²) < 4.78 is 7.87. The standard InChI is InChI=1S/C13H21N3O/c1-10(12-3-5-17-8-12)16-9-15-7-13(16)11-2-4-14-6-11/h7,9-12,14H,2-6,8H2,1H3. The summed E-state index contributed by atoms with van der Waals surface area (Å²) in [5.74, 6) is 1.29. The average Bonchev–Trinajstić information content (AvgIpc) is 3.09. The van der Waals surface area contributed by atoms with E-state index in [9.17, 15) is 0 Å². The molecule has 3 heterocycles. The van der Waals surface area contributed by atoms with Gasteiger partial charge >= 0.3 is 0 Å². The van der Waals surface area contributed by atoms with Gasteiger partial charge in [0.15, 0.2) is 0 Å². The average molecular weight is 235 g/mol. The van der Waals surface area contributed by atoms with Crippen molar-refractivity contribution in [1.82, 2.24) is 14.9 Å². The van der Waals surface area contributed by atoms with Crippen molar-refractivity contribution < 1.29 is 4.74 Å². The molecule has 4 nitrogen and oxygen atoms in total. The monoisotopic (exact) mass is 235 g/mol. The highest BCUT2D eigenvalue weighted by Gasteiger charge is 2.27. The van der Waals surface area contributed by atoms with Crippen LogP contribution < -0.4 is 5.32 Å². The van der Waals surface area contributed by atoms with E-state index >= 15 is 0 Å². The smallest absolute Gasteiger partial charge is 0.0950 e. The number of nitrogens with one attached hydrogen (secondary N) is 1. The minimum atomic E-state index is 0.510. The van der Waals surface area contributed by atoms with Gasteiger partial charge in [-0.3, -0.25) is 0 Å². The molecule has 2 aliphatic heterocycles. The van der Waals surface area contributed by atoms with E-state index in [2.05, 4.69) is 21.8 Å². The Kier molecular flexibility index (Phi) is 3.16. The predicted octanol–water partition coefficient (Wildman–Crippen LogP) is 1.56. The van der Waals surface area contributed by atoms with E-state index in [4.69, 9.17) is 4.74 Å². The summed E-state index contributed by atoms with van der Waals surface area (Å²) in [6.07, 6.45) is 6.46. The molecule has 1 aromatic heterocycles. The second-order valence-corrected chi connectivity index (χ2v) is 5.28. The van der Waals surface area contributed by atoms with Crippen molar-refractivity contribution in [2.24, 2.45) is 5.92 Å². The van der Waals surface area contributed by atoms with Crippen LogP contribution in [0.15, 0.2) is 12.5 Å². The van der Waals surface area contributed by atoms with E-state index < -0.39 is 0 Å². The summed E-state index contributed by atoms with van der Waals surface area (Å²) in [7, 11) is 0. The van der Waals surface area contributed by atoms with Crippen LogP contribution in [0.25, 0.3) is 0 Å². The van der Waals surface area contributed by atoms with Crippen LogP contribution in [0, 0.1) is 5.92 Å². The van der Waals surface area contributed by atoms with Crippen molar-refractivity contribution in [3.63, 3.8) is 0 Å². The summed E-state index contributed by atoms with van der Waals surface area (Å²) in [6.45, 7) is 6.36. The van der Waals surface area contributed by atoms with Gasteiger partial charge in [0, 0.05) is 42.9 Å². The number of hydrogen-bond acceptors (Lipinski definition) is 3. The first-order valence-electron chi connectivity index (χ1n) is 6.66. The molecule has 3 unspecified atom stereocenters. The fraction of sp³-hybridized carbons (Fsp3) is 0.769. The van der Waals surface area contributed by atoms with Gasteiger partial charge in [-0.15, -0.1) is 0 Å². The Morgan fingerprint density at radius 2 is 2.47 bits per heavy atom. The fourth-order valence-electron chi connectivity index (χ4n) is 3.04. The molecule has 0 bridgehead atoms. The van der Waals surface area contributed by atoms with Crippen LogP contribution in [-0.4, -0.2) is 35.9 Å². The van der Waals surface area contributed by atoms with E-state index in [1.54, 1.807) is 0 Å². The second kappa shape index (κ2) is 4.78. The lowest BCUT2D eigenvalue weighted by molar-refractivity contribution is 0.174. The van der Waals surface area contributed by atoms with E-state index in [1.807, 2.05) is 12.5 Å². The highest BCUT2D eigenvalue weighted by atomic mass is 16.5. The Morgan fingerprint density at radius 1 is 1.53 bits per heavy atom. The maximum Gasteiger partial charge on any atom is 0.0950 e. The van der Waals surface area contributed by atoms with Crippen LogP contribution >= 0.6 is 0 Å². The number of rotatable bonds is 3. The van der Waals surface area contributed by atoms with E-state index in [0.29, 0.717) is 17.9 Å². The topological polar surface area (TPSA) is 39.1 Å². The predicted molar refractivity (Wildman–Crippen MR) is 66.1 cm³/mol. The fourth-order valence-corrected chi connectivity index (χ4v) is 3.04. The lowest BCUT2D eigenvalue weighted by Gasteiger charge is -2.23. The molecule has 0 spiro atoms. The summed E-state index contributed by atoms with van der Waals surface area (Å²) >= 11 is 0. The Labute approximate surface area is 102 Å². The number of imidazole rings is 1. The Bertz CT molecular complexity index is 364. The number of aromatic nitrogens is 2. The first kappa shape index (κ1) is 11.2. The van der Waals surface area contributed by atoms with Crippen LogP contribution in [0.2, 0.25) is 0 Å². The van der Waals surface area contributed by atoms with E-state index in [0.717, 1.165) is 26.3 Å². The summed E-state index contributed by atoms with van der Waals surface area (Å²) in [4.78, 5) is 4.35. The molecule has 0 aromatic carbocycles. The number of nitrogens with zero attached hydrogens (tertiary/aromatic N) is 2. The maximum absolute atomic E-state index is 5.50. The van der Waals surface area contributed by atoms with Crippen molar-refractivity contribution in [1.29, 1.82) is 0 Å². The van der Waals surface area contributed by atoms with Gasteiger partial charge < -0.3 is 14.6 Å². The molecule has 94 valence electrons. The molecule has 2 fully saturated rings. The Hall–Kier alpha value is -0.870. The SMILES string of the molecule is CC(C1CCOC1)n1cncc1C1CCNC1. The highest BCUT2D eigenvalue weighted by molar-refractivity contribution is 5.10. The van der Waals surface area contributed by atoms with Gasteiger partial charge in [-0.05, 0) is 26.3 Å². The molecule has 0 radical (unpaired) electrons. The van der Waals surface area contributed by atoms with Gasteiger partial charge in [0.25, 0.3) is 0 Å². The van der Waals surface area contributed by atoms with Gasteiger partial charge in [-0.1, -0.05) is 0 Å². The lowest BCUT2D eigenvalue weighted by Crippen LogP contribution is -2.20. The molecule has 1 aromatic rings. The molecule has 2 aliphatic rings. The van der Waals surface area contributed by atoms with Gasteiger partial charge in [-0.25, -0.2) is 4.98 Å².